The molecule has 140 valence electrons. The van der Waals surface area contributed by atoms with Gasteiger partial charge in [-0.05, 0) is 25.8 Å². The first-order valence-electron chi connectivity index (χ1n) is 8.68. The van der Waals surface area contributed by atoms with Crippen molar-refractivity contribution in [3.63, 3.8) is 0 Å². The minimum Gasteiger partial charge on any atom is -0.496 e. The zero-order valence-corrected chi connectivity index (χ0v) is 15.0. The van der Waals surface area contributed by atoms with Gasteiger partial charge in [0.25, 0.3) is 5.70 Å². The van der Waals surface area contributed by atoms with Crippen LogP contribution in [0.5, 0.6) is 5.75 Å². The van der Waals surface area contributed by atoms with Crippen LogP contribution in [-0.2, 0) is 14.3 Å². The molecule has 26 heavy (non-hydrogen) atoms. The van der Waals surface area contributed by atoms with Crippen molar-refractivity contribution >= 4 is 11.8 Å². The smallest absolute Gasteiger partial charge is 0.337 e. The molecule has 0 N–H and O–H groups in total. The molecule has 0 saturated heterocycles. The molecule has 7 heteroatoms. The molecule has 1 fully saturated rings. The van der Waals surface area contributed by atoms with Crippen LogP contribution >= 0.6 is 0 Å². The second-order valence-corrected chi connectivity index (χ2v) is 6.12. The van der Waals surface area contributed by atoms with Crippen molar-refractivity contribution in [1.29, 1.82) is 0 Å². The number of Topliss-reactive ketones (excluding diaryl/α,β-unsaturated/α-hetero) is 1. The molecule has 1 aliphatic carbocycles. The summed E-state index contributed by atoms with van der Waals surface area (Å²) in [5.41, 5.74) is 0.190. The summed E-state index contributed by atoms with van der Waals surface area (Å²) in [5.74, 6) is -1.79. The lowest BCUT2D eigenvalue weighted by Gasteiger charge is -2.28. The summed E-state index contributed by atoms with van der Waals surface area (Å²) in [7, 11) is 1.47. The summed E-state index contributed by atoms with van der Waals surface area (Å²) in [6.45, 7) is 1.74. The number of para-hydroxylation sites is 1. The number of rotatable bonds is 7. The minimum atomic E-state index is -0.863. The summed E-state index contributed by atoms with van der Waals surface area (Å²) in [6, 6.07) is 6.88. The number of methoxy groups -OCH3 is 1. The van der Waals surface area contributed by atoms with Gasteiger partial charge in [0.1, 0.15) is 11.5 Å². The van der Waals surface area contributed by atoms with Gasteiger partial charge in [0.15, 0.2) is 0 Å². The monoisotopic (exact) mass is 361 g/mol. The highest BCUT2D eigenvalue weighted by atomic mass is 16.6. The summed E-state index contributed by atoms with van der Waals surface area (Å²) in [4.78, 5) is 35.6. The molecule has 7 nitrogen and oxygen atoms in total. The Hall–Kier alpha value is -2.70. The number of carbonyl (C=O) groups is 2. The molecule has 0 amide bonds. The van der Waals surface area contributed by atoms with Gasteiger partial charge in [0.2, 0.25) is 0 Å². The number of benzene rings is 1. The van der Waals surface area contributed by atoms with Gasteiger partial charge in [-0.1, -0.05) is 24.6 Å². The molecule has 0 bridgehead atoms. The predicted molar refractivity (Wildman–Crippen MR) is 94.4 cm³/mol. The molecule has 0 aliphatic heterocycles. The van der Waals surface area contributed by atoms with Crippen LogP contribution in [0.4, 0.5) is 0 Å². The van der Waals surface area contributed by atoms with Crippen molar-refractivity contribution in [3.8, 4) is 5.75 Å². The fourth-order valence-electron chi connectivity index (χ4n) is 3.43. The lowest BCUT2D eigenvalue weighted by molar-refractivity contribution is -0.431. The Bertz CT molecular complexity index is 712. The van der Waals surface area contributed by atoms with E-state index in [-0.39, 0.29) is 18.1 Å². The van der Waals surface area contributed by atoms with Crippen LogP contribution in [0.1, 0.15) is 44.1 Å². The average molecular weight is 361 g/mol. The van der Waals surface area contributed by atoms with Gasteiger partial charge in [-0.15, -0.1) is 0 Å². The molecule has 1 saturated carbocycles. The zero-order valence-electron chi connectivity index (χ0n) is 15.0. The first-order valence-corrected chi connectivity index (χ1v) is 8.68. The van der Waals surface area contributed by atoms with Crippen LogP contribution in [0.25, 0.3) is 0 Å². The lowest BCUT2D eigenvalue weighted by Crippen LogP contribution is -2.29. The fraction of sp³-hybridized carbons (Fsp3) is 0.474. The Labute approximate surface area is 152 Å². The Kier molecular flexibility index (Phi) is 6.89. The van der Waals surface area contributed by atoms with Crippen LogP contribution in [0, 0.1) is 16.0 Å². The molecule has 1 aliphatic rings. The van der Waals surface area contributed by atoms with Crippen molar-refractivity contribution in [3.05, 3.63) is 51.7 Å². The lowest BCUT2D eigenvalue weighted by atomic mass is 9.74. The number of allylic oxidation sites excluding steroid dienone is 1. The molecule has 0 heterocycles. The van der Waals surface area contributed by atoms with Gasteiger partial charge >= 0.3 is 5.97 Å². The van der Waals surface area contributed by atoms with Crippen molar-refractivity contribution in [2.24, 2.45) is 5.92 Å². The first-order chi connectivity index (χ1) is 12.5. The highest BCUT2D eigenvalue weighted by Crippen LogP contribution is 2.42. The maximum Gasteiger partial charge on any atom is 0.337 e. The summed E-state index contributed by atoms with van der Waals surface area (Å²) < 4.78 is 10.2. The first kappa shape index (κ1) is 19.6. The molecule has 0 spiro atoms. The van der Waals surface area contributed by atoms with E-state index in [0.717, 1.165) is 18.9 Å². The Balaban J connectivity index is 2.59. The topological polar surface area (TPSA) is 95.7 Å². The number of esters is 1. The van der Waals surface area contributed by atoms with E-state index in [4.69, 9.17) is 9.47 Å². The van der Waals surface area contributed by atoms with E-state index in [0.29, 0.717) is 24.2 Å². The van der Waals surface area contributed by atoms with E-state index in [2.05, 4.69) is 0 Å². The van der Waals surface area contributed by atoms with Crippen LogP contribution in [0.2, 0.25) is 0 Å². The van der Waals surface area contributed by atoms with Crippen molar-refractivity contribution in [2.45, 2.75) is 38.5 Å². The third-order valence-electron chi connectivity index (χ3n) is 4.56. The molecular weight excluding hydrogens is 338 g/mol. The fourth-order valence-corrected chi connectivity index (χ4v) is 3.43. The maximum atomic E-state index is 12.5. The number of ketones is 1. The highest BCUT2D eigenvalue weighted by molar-refractivity contribution is 5.85. The third kappa shape index (κ3) is 4.47. The van der Waals surface area contributed by atoms with E-state index in [1.807, 2.05) is 0 Å². The van der Waals surface area contributed by atoms with E-state index in [1.54, 1.807) is 31.2 Å². The maximum absolute atomic E-state index is 12.5. The number of hydrogen-bond donors (Lipinski definition) is 0. The number of carbonyl (C=O) groups excluding carboxylic acids is 2. The second-order valence-electron chi connectivity index (χ2n) is 6.12. The zero-order chi connectivity index (χ0) is 19.1. The van der Waals surface area contributed by atoms with Crippen molar-refractivity contribution in [1.82, 2.24) is 0 Å². The molecule has 1 aromatic rings. The predicted octanol–water partition coefficient (Wildman–Crippen LogP) is 3.26. The van der Waals surface area contributed by atoms with Crippen LogP contribution in [-0.4, -0.2) is 30.4 Å². The van der Waals surface area contributed by atoms with Crippen molar-refractivity contribution in [2.75, 3.05) is 13.7 Å². The Morgan fingerprint density at radius 2 is 2.12 bits per heavy atom. The second kappa shape index (κ2) is 9.12. The molecular formula is C19H23NO6. The van der Waals surface area contributed by atoms with E-state index in [9.17, 15) is 19.7 Å². The number of nitrogens with zero attached hydrogens (tertiary/aromatic N) is 1. The average Bonchev–Trinajstić information content (AvgIpc) is 2.63. The Morgan fingerprint density at radius 3 is 2.73 bits per heavy atom. The van der Waals surface area contributed by atoms with Gasteiger partial charge in [-0.2, -0.15) is 0 Å². The molecule has 1 aromatic carbocycles. The van der Waals surface area contributed by atoms with Crippen LogP contribution < -0.4 is 4.74 Å². The quantitative estimate of drug-likeness (QED) is 0.320. The largest absolute Gasteiger partial charge is 0.496 e. The van der Waals surface area contributed by atoms with Crippen LogP contribution in [0.3, 0.4) is 0 Å². The van der Waals surface area contributed by atoms with Crippen molar-refractivity contribution < 1.29 is 24.0 Å². The van der Waals surface area contributed by atoms with Gasteiger partial charge < -0.3 is 9.47 Å². The van der Waals surface area contributed by atoms with Crippen LogP contribution in [0.15, 0.2) is 36.0 Å². The molecule has 2 rings (SSSR count). The van der Waals surface area contributed by atoms with Gasteiger partial charge in [0.05, 0.1) is 30.6 Å². The highest BCUT2D eigenvalue weighted by Gasteiger charge is 2.41. The van der Waals surface area contributed by atoms with Gasteiger partial charge in [-0.25, -0.2) is 4.79 Å². The van der Waals surface area contributed by atoms with E-state index >= 15 is 0 Å². The SMILES string of the molecule is CCOC(=O)/C=C(/[C@@H](c1ccccc1OC)[C@@H]1CCCCC1=O)[N+](=O)[O-]. The molecule has 2 atom stereocenters. The Morgan fingerprint density at radius 1 is 1.38 bits per heavy atom. The number of nitro groups is 1. The van der Waals surface area contributed by atoms with E-state index in [1.165, 1.54) is 7.11 Å². The number of ether oxygens (including phenoxy) is 2. The molecule has 0 aromatic heterocycles. The van der Waals surface area contributed by atoms with Gasteiger partial charge in [-0.3, -0.25) is 14.9 Å². The summed E-state index contributed by atoms with van der Waals surface area (Å²) in [6.07, 6.45) is 3.41. The summed E-state index contributed by atoms with van der Waals surface area (Å²) in [5, 5.41) is 11.8. The van der Waals surface area contributed by atoms with Gasteiger partial charge in [0, 0.05) is 17.9 Å². The van der Waals surface area contributed by atoms with E-state index < -0.39 is 22.7 Å². The third-order valence-corrected chi connectivity index (χ3v) is 4.56. The minimum absolute atomic E-state index is 0.0243. The molecule has 0 unspecified atom stereocenters. The molecule has 0 radical (unpaired) electrons. The summed E-state index contributed by atoms with van der Waals surface area (Å²) >= 11 is 0. The number of hydrogen-bond acceptors (Lipinski definition) is 6. The standard InChI is InChI=1S/C19H23NO6/c1-3-26-18(22)12-15(20(23)24)19(13-8-4-6-10-16(13)21)14-9-5-7-11-17(14)25-2/h5,7,9,11-13,19H,3-4,6,8,10H2,1-2H3/b15-12-/t13-,19-/m1/s1. The normalized spacial score (nSPS) is 18.9.